The van der Waals surface area contributed by atoms with Gasteiger partial charge in [0.05, 0.1) is 19.9 Å². The van der Waals surface area contributed by atoms with Gasteiger partial charge in [-0.25, -0.2) is 19.9 Å². The Labute approximate surface area is 183 Å². The lowest BCUT2D eigenvalue weighted by Crippen LogP contribution is -2.30. The zero-order chi connectivity index (χ0) is 22.1. The highest BCUT2D eigenvalue weighted by Crippen LogP contribution is 2.44. The van der Waals surface area contributed by atoms with Crippen LogP contribution in [-0.4, -0.2) is 45.0 Å². The number of hydrogen-bond donors (Lipinski definition) is 0. The Bertz CT molecular complexity index is 1280. The van der Waals surface area contributed by atoms with Crippen molar-refractivity contribution < 1.29 is 14.3 Å². The average molecular weight is 426 g/mol. The second kappa shape index (κ2) is 8.03. The van der Waals surface area contributed by atoms with E-state index in [-0.39, 0.29) is 5.91 Å². The quantitative estimate of drug-likeness (QED) is 0.480. The topological polar surface area (TPSA) is 103 Å². The van der Waals surface area contributed by atoms with Crippen molar-refractivity contribution in [3.8, 4) is 23.1 Å². The van der Waals surface area contributed by atoms with Crippen LogP contribution in [0.4, 0.5) is 5.82 Å². The van der Waals surface area contributed by atoms with Crippen LogP contribution in [0.15, 0.2) is 67.3 Å². The molecule has 1 aliphatic heterocycles. The van der Waals surface area contributed by atoms with Crippen molar-refractivity contribution in [3.63, 3.8) is 0 Å². The molecule has 4 heterocycles. The van der Waals surface area contributed by atoms with Crippen LogP contribution in [0.2, 0.25) is 0 Å². The Morgan fingerprint density at radius 3 is 2.25 bits per heavy atom. The third-order valence-electron chi connectivity index (χ3n) is 5.18. The summed E-state index contributed by atoms with van der Waals surface area (Å²) in [5.74, 6) is 1.88. The van der Waals surface area contributed by atoms with Gasteiger partial charge in [0.15, 0.2) is 23.1 Å². The fourth-order valence-electron chi connectivity index (χ4n) is 3.76. The highest BCUT2D eigenvalue weighted by atomic mass is 16.5. The molecule has 1 aliphatic rings. The number of carbonyl (C=O) groups excluding carboxylic acids is 1. The van der Waals surface area contributed by atoms with Gasteiger partial charge in [0.1, 0.15) is 11.9 Å². The van der Waals surface area contributed by atoms with Crippen molar-refractivity contribution in [3.05, 3.63) is 84.1 Å². The number of carbonyl (C=O) groups is 1. The van der Waals surface area contributed by atoms with Gasteiger partial charge in [-0.3, -0.25) is 14.7 Å². The third-order valence-corrected chi connectivity index (χ3v) is 5.18. The minimum atomic E-state index is -0.502. The summed E-state index contributed by atoms with van der Waals surface area (Å²) < 4.78 is 10.9. The molecule has 0 unspecified atom stereocenters. The summed E-state index contributed by atoms with van der Waals surface area (Å²) in [6.45, 7) is 0. The van der Waals surface area contributed by atoms with E-state index in [9.17, 15) is 4.79 Å². The van der Waals surface area contributed by atoms with Gasteiger partial charge in [0.2, 0.25) is 0 Å². The number of amides is 1. The maximum Gasteiger partial charge on any atom is 0.260 e. The van der Waals surface area contributed by atoms with Crippen LogP contribution in [0.3, 0.4) is 0 Å². The molecular weight excluding hydrogens is 408 g/mol. The highest BCUT2D eigenvalue weighted by molar-refractivity contribution is 6.11. The standard InChI is InChI=1S/C23H18N6O3/c1-31-17-12-14-15(13-18(17)32-2)23(30)29(20(14)16-6-3-4-8-24-16)19-7-11-27-22(28-19)21-25-9-5-10-26-21/h3-13,20H,1-2H3/t20-/m0/s1. The first kappa shape index (κ1) is 19.6. The van der Waals surface area contributed by atoms with E-state index >= 15 is 0 Å². The molecule has 1 atom stereocenters. The number of methoxy groups -OCH3 is 2. The Morgan fingerprint density at radius 2 is 1.53 bits per heavy atom. The van der Waals surface area contributed by atoms with Crippen molar-refractivity contribution >= 4 is 11.7 Å². The Morgan fingerprint density at radius 1 is 0.812 bits per heavy atom. The molecule has 0 aliphatic carbocycles. The zero-order valence-corrected chi connectivity index (χ0v) is 17.3. The van der Waals surface area contributed by atoms with Crippen LogP contribution in [0.1, 0.15) is 27.7 Å². The van der Waals surface area contributed by atoms with Crippen LogP contribution >= 0.6 is 0 Å². The van der Waals surface area contributed by atoms with Crippen molar-refractivity contribution in [2.24, 2.45) is 0 Å². The largest absolute Gasteiger partial charge is 0.493 e. The van der Waals surface area contributed by atoms with Crippen LogP contribution in [0, 0.1) is 0 Å². The molecule has 9 nitrogen and oxygen atoms in total. The molecule has 0 saturated carbocycles. The molecule has 0 spiro atoms. The van der Waals surface area contributed by atoms with Crippen LogP contribution in [0.5, 0.6) is 11.5 Å². The smallest absolute Gasteiger partial charge is 0.260 e. The van der Waals surface area contributed by atoms with E-state index in [1.165, 1.54) is 7.11 Å². The van der Waals surface area contributed by atoms with E-state index in [1.807, 2.05) is 24.3 Å². The maximum absolute atomic E-state index is 13.6. The minimum Gasteiger partial charge on any atom is -0.493 e. The third kappa shape index (κ3) is 3.20. The van der Waals surface area contributed by atoms with Crippen molar-refractivity contribution in [1.82, 2.24) is 24.9 Å². The Hall–Kier alpha value is -4.40. The number of hydrogen-bond acceptors (Lipinski definition) is 8. The molecule has 0 radical (unpaired) electrons. The molecule has 1 aromatic carbocycles. The summed E-state index contributed by atoms with van der Waals surface area (Å²) in [4.78, 5) is 37.0. The fraction of sp³-hybridized carbons (Fsp3) is 0.130. The van der Waals surface area contributed by atoms with Crippen molar-refractivity contribution in [1.29, 1.82) is 0 Å². The highest BCUT2D eigenvalue weighted by Gasteiger charge is 2.41. The van der Waals surface area contributed by atoms with Gasteiger partial charge in [-0.1, -0.05) is 6.07 Å². The summed E-state index contributed by atoms with van der Waals surface area (Å²) in [5.41, 5.74) is 1.94. The van der Waals surface area contributed by atoms with Crippen LogP contribution in [-0.2, 0) is 0 Å². The first-order valence-corrected chi connectivity index (χ1v) is 9.82. The lowest BCUT2D eigenvalue weighted by Gasteiger charge is -2.24. The number of fused-ring (bicyclic) bond motifs is 1. The van der Waals surface area contributed by atoms with Crippen LogP contribution < -0.4 is 14.4 Å². The summed E-state index contributed by atoms with van der Waals surface area (Å²) in [5, 5.41) is 0. The molecule has 0 fully saturated rings. The molecule has 158 valence electrons. The molecule has 1 amide bonds. The van der Waals surface area contributed by atoms with Gasteiger partial charge in [-0.15, -0.1) is 0 Å². The Balaban J connectivity index is 1.68. The monoisotopic (exact) mass is 426 g/mol. The van der Waals surface area contributed by atoms with E-state index in [4.69, 9.17) is 9.47 Å². The second-order valence-corrected chi connectivity index (χ2v) is 6.94. The number of nitrogens with zero attached hydrogens (tertiary/aromatic N) is 6. The summed E-state index contributed by atoms with van der Waals surface area (Å²) in [6.07, 6.45) is 6.51. The molecule has 4 aromatic rings. The maximum atomic E-state index is 13.6. The Kier molecular flexibility index (Phi) is 4.91. The second-order valence-electron chi connectivity index (χ2n) is 6.94. The summed E-state index contributed by atoms with van der Waals surface area (Å²) in [7, 11) is 3.10. The van der Waals surface area contributed by atoms with Gasteiger partial charge in [-0.05, 0) is 42.0 Å². The normalized spacial score (nSPS) is 14.9. The SMILES string of the molecule is COc1cc2c(cc1OC)[C@@H](c1ccccn1)N(c1ccnc(-c3ncccn3)n1)C2=O. The van der Waals surface area contributed by atoms with E-state index < -0.39 is 6.04 Å². The number of rotatable bonds is 5. The van der Waals surface area contributed by atoms with E-state index in [2.05, 4.69) is 24.9 Å². The van der Waals surface area contributed by atoms with Gasteiger partial charge >= 0.3 is 0 Å². The lowest BCUT2D eigenvalue weighted by molar-refractivity contribution is 0.0992. The number of anilines is 1. The molecule has 3 aromatic heterocycles. The van der Waals surface area contributed by atoms with Crippen molar-refractivity contribution in [2.45, 2.75) is 6.04 Å². The molecule has 32 heavy (non-hydrogen) atoms. The average Bonchev–Trinajstić information content (AvgIpc) is 3.15. The predicted octanol–water partition coefficient (Wildman–Crippen LogP) is 3.10. The van der Waals surface area contributed by atoms with Crippen LogP contribution in [0.25, 0.3) is 11.6 Å². The summed E-state index contributed by atoms with van der Waals surface area (Å²) in [6, 6.07) is 12.0. The summed E-state index contributed by atoms with van der Waals surface area (Å²) >= 11 is 0. The zero-order valence-electron chi connectivity index (χ0n) is 17.3. The van der Waals surface area contributed by atoms with E-state index in [1.54, 1.807) is 55.0 Å². The number of ether oxygens (including phenoxy) is 2. The first-order valence-electron chi connectivity index (χ1n) is 9.82. The fourth-order valence-corrected chi connectivity index (χ4v) is 3.76. The van der Waals surface area contributed by atoms with Gasteiger partial charge in [0.25, 0.3) is 5.91 Å². The molecule has 0 N–H and O–H groups in total. The lowest BCUT2D eigenvalue weighted by atomic mass is 10.0. The van der Waals surface area contributed by atoms with Gasteiger partial charge < -0.3 is 9.47 Å². The van der Waals surface area contributed by atoms with E-state index in [0.29, 0.717) is 40.2 Å². The molecule has 9 heteroatoms. The molecule has 5 rings (SSSR count). The first-order chi connectivity index (χ1) is 15.7. The number of aromatic nitrogens is 5. The van der Waals surface area contributed by atoms with Gasteiger partial charge in [-0.2, -0.15) is 0 Å². The number of pyridine rings is 1. The predicted molar refractivity (Wildman–Crippen MR) is 115 cm³/mol. The molecular formula is C23H18N6O3. The molecule has 0 bridgehead atoms. The number of benzene rings is 1. The van der Waals surface area contributed by atoms with Crippen molar-refractivity contribution in [2.75, 3.05) is 19.1 Å². The molecule has 0 saturated heterocycles. The van der Waals surface area contributed by atoms with E-state index in [0.717, 1.165) is 5.56 Å². The minimum absolute atomic E-state index is 0.227. The van der Waals surface area contributed by atoms with Gasteiger partial charge in [0, 0.05) is 30.4 Å².